The summed E-state index contributed by atoms with van der Waals surface area (Å²) in [6, 6.07) is 19.2. The number of aryl methyl sites for hydroxylation is 2. The molecular formula is C24H26N2O2. The third-order valence-electron chi connectivity index (χ3n) is 4.60. The number of benzene rings is 2. The molecule has 144 valence electrons. The Bertz CT molecular complexity index is 980. The van der Waals surface area contributed by atoms with Crippen LogP contribution in [0.1, 0.15) is 54.0 Å². The monoisotopic (exact) mass is 374 g/mol. The minimum Gasteiger partial charge on any atom is -0.457 e. The molecule has 0 aliphatic rings. The quantitative estimate of drug-likeness (QED) is 0.565. The van der Waals surface area contributed by atoms with Crippen molar-refractivity contribution < 1.29 is 9.53 Å². The van der Waals surface area contributed by atoms with E-state index in [0.29, 0.717) is 22.9 Å². The zero-order chi connectivity index (χ0) is 20.1. The summed E-state index contributed by atoms with van der Waals surface area (Å²) in [6.07, 6.45) is 0.847. The summed E-state index contributed by atoms with van der Waals surface area (Å²) in [6.45, 7) is 8.21. The summed E-state index contributed by atoms with van der Waals surface area (Å²) in [5.41, 5.74) is 4.19. The number of nitrogens with zero attached hydrogens (tertiary/aromatic N) is 1. The molecule has 1 N–H and O–H groups in total. The van der Waals surface area contributed by atoms with Crippen molar-refractivity contribution >= 4 is 11.6 Å². The Morgan fingerprint density at radius 1 is 1.04 bits per heavy atom. The zero-order valence-electron chi connectivity index (χ0n) is 16.8. The molecule has 1 heterocycles. The van der Waals surface area contributed by atoms with E-state index < -0.39 is 0 Å². The maximum atomic E-state index is 12.6. The lowest BCUT2D eigenvalue weighted by atomic mass is 10.0. The Morgan fingerprint density at radius 2 is 1.75 bits per heavy atom. The van der Waals surface area contributed by atoms with E-state index in [1.165, 1.54) is 5.56 Å². The van der Waals surface area contributed by atoms with E-state index in [4.69, 9.17) is 4.74 Å². The fourth-order valence-electron chi connectivity index (χ4n) is 2.96. The molecule has 2 aromatic carbocycles. The molecule has 3 aromatic rings. The smallest absolute Gasteiger partial charge is 0.257 e. The molecule has 0 atom stereocenters. The van der Waals surface area contributed by atoms with Gasteiger partial charge in [0.1, 0.15) is 11.5 Å². The van der Waals surface area contributed by atoms with Crippen molar-refractivity contribution in [2.24, 2.45) is 0 Å². The van der Waals surface area contributed by atoms with Crippen LogP contribution >= 0.6 is 0 Å². The van der Waals surface area contributed by atoms with Gasteiger partial charge in [-0.15, -0.1) is 0 Å². The molecule has 0 radical (unpaired) electrons. The Hall–Kier alpha value is -3.14. The predicted molar refractivity (Wildman–Crippen MR) is 113 cm³/mol. The van der Waals surface area contributed by atoms with Gasteiger partial charge in [-0.1, -0.05) is 39.0 Å². The molecule has 1 aromatic heterocycles. The van der Waals surface area contributed by atoms with Crippen LogP contribution in [0.25, 0.3) is 0 Å². The number of aromatic nitrogens is 1. The lowest BCUT2D eigenvalue weighted by Gasteiger charge is -2.12. The van der Waals surface area contributed by atoms with Crippen molar-refractivity contribution in [1.29, 1.82) is 0 Å². The predicted octanol–water partition coefficient (Wildman–Crippen LogP) is 6.12. The minimum atomic E-state index is -0.174. The second-order valence-electron chi connectivity index (χ2n) is 7.10. The van der Waals surface area contributed by atoms with Gasteiger partial charge in [-0.2, -0.15) is 0 Å². The molecule has 0 bridgehead atoms. The molecular weight excluding hydrogens is 348 g/mol. The molecule has 0 aliphatic carbocycles. The molecule has 0 aliphatic heterocycles. The number of rotatable bonds is 6. The van der Waals surface area contributed by atoms with Crippen LogP contribution in [0.2, 0.25) is 0 Å². The molecule has 28 heavy (non-hydrogen) atoms. The van der Waals surface area contributed by atoms with E-state index in [1.54, 1.807) is 0 Å². The topological polar surface area (TPSA) is 51.2 Å². The van der Waals surface area contributed by atoms with E-state index >= 15 is 0 Å². The number of ether oxygens (including phenoxy) is 1. The second-order valence-corrected chi connectivity index (χ2v) is 7.10. The van der Waals surface area contributed by atoms with Crippen molar-refractivity contribution in [2.45, 2.75) is 40.0 Å². The molecule has 1 amide bonds. The minimum absolute atomic E-state index is 0.174. The number of anilines is 1. The maximum absolute atomic E-state index is 12.6. The number of nitrogens with one attached hydrogen (secondary N) is 1. The lowest BCUT2D eigenvalue weighted by molar-refractivity contribution is 0.102. The standard InChI is InChI=1S/C24H26N2O2/c1-5-19-12-13-23(17(4)25-19)24(27)26-20-9-7-11-22(15-20)28-21-10-6-8-18(14-21)16(2)3/h6-16H,5H2,1-4H3,(H,26,27). The molecule has 3 rings (SSSR count). The summed E-state index contributed by atoms with van der Waals surface area (Å²) < 4.78 is 5.99. The van der Waals surface area contributed by atoms with Gasteiger partial charge in [-0.05, 0) is 61.2 Å². The van der Waals surface area contributed by atoms with Crippen molar-refractivity contribution in [1.82, 2.24) is 4.98 Å². The van der Waals surface area contributed by atoms with Gasteiger partial charge in [0, 0.05) is 17.4 Å². The van der Waals surface area contributed by atoms with Gasteiger partial charge < -0.3 is 10.1 Å². The Labute approximate surface area is 166 Å². The van der Waals surface area contributed by atoms with Crippen LogP contribution in [0, 0.1) is 6.92 Å². The fourth-order valence-corrected chi connectivity index (χ4v) is 2.96. The summed E-state index contributed by atoms with van der Waals surface area (Å²) in [5, 5.41) is 2.93. The van der Waals surface area contributed by atoms with Gasteiger partial charge in [-0.3, -0.25) is 9.78 Å². The second kappa shape index (κ2) is 8.70. The van der Waals surface area contributed by atoms with Gasteiger partial charge in [0.25, 0.3) is 5.91 Å². The third-order valence-corrected chi connectivity index (χ3v) is 4.60. The van der Waals surface area contributed by atoms with Crippen molar-refractivity contribution in [2.75, 3.05) is 5.32 Å². The number of amides is 1. The van der Waals surface area contributed by atoms with Gasteiger partial charge in [-0.25, -0.2) is 0 Å². The van der Waals surface area contributed by atoms with Crippen LogP contribution in [-0.2, 0) is 6.42 Å². The largest absolute Gasteiger partial charge is 0.457 e. The first kappa shape index (κ1) is 19.6. The number of pyridine rings is 1. The van der Waals surface area contributed by atoms with Gasteiger partial charge >= 0.3 is 0 Å². The van der Waals surface area contributed by atoms with Gasteiger partial charge in [0.2, 0.25) is 0 Å². The highest BCUT2D eigenvalue weighted by molar-refractivity contribution is 6.05. The van der Waals surface area contributed by atoms with E-state index in [9.17, 15) is 4.79 Å². The first-order chi connectivity index (χ1) is 13.5. The van der Waals surface area contributed by atoms with Crippen molar-refractivity contribution in [3.63, 3.8) is 0 Å². The molecule has 0 spiro atoms. The third kappa shape index (κ3) is 4.77. The van der Waals surface area contributed by atoms with E-state index in [1.807, 2.05) is 68.4 Å². The van der Waals surface area contributed by atoms with Crippen LogP contribution in [-0.4, -0.2) is 10.9 Å². The summed E-state index contributed by atoms with van der Waals surface area (Å²) in [5.74, 6) is 1.72. The van der Waals surface area contributed by atoms with E-state index in [0.717, 1.165) is 23.6 Å². The van der Waals surface area contributed by atoms with Crippen LogP contribution < -0.4 is 10.1 Å². The highest BCUT2D eigenvalue weighted by atomic mass is 16.5. The normalized spacial score (nSPS) is 10.8. The number of hydrogen-bond acceptors (Lipinski definition) is 3. The zero-order valence-corrected chi connectivity index (χ0v) is 16.8. The highest BCUT2D eigenvalue weighted by Crippen LogP contribution is 2.27. The summed E-state index contributed by atoms with van der Waals surface area (Å²) >= 11 is 0. The van der Waals surface area contributed by atoms with Gasteiger partial charge in [0.05, 0.1) is 11.3 Å². The van der Waals surface area contributed by atoms with Crippen LogP contribution in [0.5, 0.6) is 11.5 Å². The fraction of sp³-hybridized carbons (Fsp3) is 0.250. The molecule has 0 unspecified atom stereocenters. The molecule has 0 saturated carbocycles. The summed E-state index contributed by atoms with van der Waals surface area (Å²) in [4.78, 5) is 17.1. The molecule has 0 saturated heterocycles. The van der Waals surface area contributed by atoms with Crippen LogP contribution in [0.4, 0.5) is 5.69 Å². The Morgan fingerprint density at radius 3 is 2.43 bits per heavy atom. The number of carbonyl (C=O) groups excluding carboxylic acids is 1. The first-order valence-electron chi connectivity index (χ1n) is 9.62. The van der Waals surface area contributed by atoms with Crippen molar-refractivity contribution in [3.8, 4) is 11.5 Å². The molecule has 4 nitrogen and oxygen atoms in total. The van der Waals surface area contributed by atoms with Crippen LogP contribution in [0.15, 0.2) is 60.7 Å². The van der Waals surface area contributed by atoms with E-state index in [-0.39, 0.29) is 5.91 Å². The molecule has 4 heteroatoms. The maximum Gasteiger partial charge on any atom is 0.257 e. The average Bonchev–Trinajstić information content (AvgIpc) is 2.68. The lowest BCUT2D eigenvalue weighted by Crippen LogP contribution is -2.14. The van der Waals surface area contributed by atoms with Gasteiger partial charge in [0.15, 0.2) is 0 Å². The van der Waals surface area contributed by atoms with Crippen molar-refractivity contribution in [3.05, 3.63) is 83.2 Å². The average molecular weight is 374 g/mol. The van der Waals surface area contributed by atoms with Crippen LogP contribution in [0.3, 0.4) is 0 Å². The highest BCUT2D eigenvalue weighted by Gasteiger charge is 2.11. The summed E-state index contributed by atoms with van der Waals surface area (Å²) in [7, 11) is 0. The molecule has 0 fully saturated rings. The first-order valence-corrected chi connectivity index (χ1v) is 9.62. The Balaban J connectivity index is 1.74. The number of hydrogen-bond donors (Lipinski definition) is 1. The SMILES string of the molecule is CCc1ccc(C(=O)Nc2cccc(Oc3cccc(C(C)C)c3)c2)c(C)n1. The van der Waals surface area contributed by atoms with E-state index in [2.05, 4.69) is 30.2 Å². The Kier molecular flexibility index (Phi) is 6.09. The number of carbonyl (C=O) groups is 1.